The zero-order valence-corrected chi connectivity index (χ0v) is 56.5. The van der Waals surface area contributed by atoms with Crippen LogP contribution in [0.1, 0.15) is 65.1 Å². The molecule has 0 saturated heterocycles. The fourth-order valence-corrected chi connectivity index (χ4v) is 19.6. The van der Waals surface area contributed by atoms with Gasteiger partial charge >= 0.3 is 0 Å². The highest BCUT2D eigenvalue weighted by molar-refractivity contribution is 7.92. The molecule has 496 valence electrons. The normalized spacial score (nSPS) is 18.3. The van der Waals surface area contributed by atoms with Crippen molar-refractivity contribution >= 4 is 114 Å². The minimum absolute atomic E-state index is 0.00215. The number of benzene rings is 2. The molecule has 0 spiro atoms. The van der Waals surface area contributed by atoms with Crippen LogP contribution in [0, 0.1) is 40.4 Å². The van der Waals surface area contributed by atoms with Crippen molar-refractivity contribution in [2.75, 3.05) is 33.2 Å². The third-order valence-electron chi connectivity index (χ3n) is 17.3. The average Bonchev–Trinajstić information content (AvgIpc) is 1.79. The number of hydrogen-bond donors (Lipinski definition) is 9. The number of rotatable bonds is 21. The molecular formula is C67H63N15O9S6. The summed E-state index contributed by atoms with van der Waals surface area (Å²) >= 11 is 4.30. The number of sulfone groups is 3. The summed E-state index contributed by atoms with van der Waals surface area (Å²) in [4.78, 5) is 42.3. The van der Waals surface area contributed by atoms with E-state index in [1.807, 2.05) is 60.4 Å². The number of pyridine rings is 4. The number of nitrogens with zero attached hydrogens (tertiary/aromatic N) is 9. The van der Waals surface area contributed by atoms with Gasteiger partial charge in [0.05, 0.1) is 119 Å². The van der Waals surface area contributed by atoms with Gasteiger partial charge in [-0.3, -0.25) is 0 Å². The van der Waals surface area contributed by atoms with E-state index in [0.29, 0.717) is 29.0 Å². The highest BCUT2D eigenvalue weighted by atomic mass is 32.2. The van der Waals surface area contributed by atoms with Crippen molar-refractivity contribution in [2.24, 2.45) is 17.8 Å². The lowest BCUT2D eigenvalue weighted by Gasteiger charge is -2.36. The quantitative estimate of drug-likeness (QED) is 0.0323. The summed E-state index contributed by atoms with van der Waals surface area (Å²) in [7, 11) is -10.3. The first-order valence-corrected chi connectivity index (χ1v) is 38.4. The molecule has 3 aliphatic rings. The van der Waals surface area contributed by atoms with E-state index in [4.69, 9.17) is 10.5 Å². The number of H-pyrrole nitrogens is 3. The van der Waals surface area contributed by atoms with E-state index in [1.165, 1.54) is 58.4 Å². The SMILES string of the molecule is N#Cc1cccc(S(=O)(=O)CC2CC(Nc3c(-c4nc(CO)cs4)cnc4[nH]ccc34)C2)c1.N#Cc1ccnc(S(=O)(=O)CC2CC(Nc3c(-c4ncc(CO)s4)cnc4[nH]ccc34)C2)c1.O=S(=O)(CC1CC(Nc2c(-c3ncc(CO)s3)cnc3[nH]ccc23)C1)c1ccccc1. The maximum absolute atomic E-state index is 12.8. The minimum Gasteiger partial charge on any atom is -0.391 e. The Hall–Kier alpha value is -9.34. The molecule has 10 aromatic heterocycles. The van der Waals surface area contributed by atoms with Crippen LogP contribution in [0.2, 0.25) is 0 Å². The van der Waals surface area contributed by atoms with Gasteiger partial charge in [-0.15, -0.1) is 34.0 Å². The molecule has 30 heteroatoms. The molecule has 3 fully saturated rings. The standard InChI is InChI=1S/C23H21N5O3S2.C22H20N6O3S2.C22H22N4O3S2/c24-9-14-2-1-3-18(8-14)33(30,31)13-15-6-16(7-15)27-21-19-4-5-25-22(19)26-10-20(21)23-28-17(11-29)12-32-23;23-8-13-1-3-24-19(7-13)33(30,31)12-14-5-15(6-14)28-20-17-2-4-25-21(17)26-10-18(20)22-27-9-16(11-29)32-22;27-12-16-10-25-22(30-16)19-11-24-21-18(6-7-23-21)20(19)26-15-8-14(9-15)13-31(28,29)17-4-2-1-3-5-17/h1-5,8,10,12,15-16,29H,6-7,11,13H2,(H2,25,26,27);1-4,7,9-10,14-15,29H,5-6,11-12H2,(H2,25,26,28);1-7,10-11,14-15,27H,8-9,12-13H2,(H2,23,24,26). The Labute approximate surface area is 569 Å². The second-order valence-corrected chi connectivity index (χ2v) is 33.2. The molecule has 24 nitrogen and oxygen atoms in total. The highest BCUT2D eigenvalue weighted by Crippen LogP contribution is 2.44. The van der Waals surface area contributed by atoms with Gasteiger partial charge < -0.3 is 46.2 Å². The first-order chi connectivity index (χ1) is 47.0. The summed E-state index contributed by atoms with van der Waals surface area (Å²) in [6, 6.07) is 27.9. The number of aliphatic hydroxyl groups is 3. The largest absolute Gasteiger partial charge is 0.391 e. The Morgan fingerprint density at radius 3 is 1.37 bits per heavy atom. The summed E-state index contributed by atoms with van der Waals surface area (Å²) in [6.07, 6.45) is 19.9. The van der Waals surface area contributed by atoms with E-state index >= 15 is 0 Å². The van der Waals surface area contributed by atoms with E-state index in [-0.39, 0.29) is 88.4 Å². The van der Waals surface area contributed by atoms with Crippen molar-refractivity contribution in [1.82, 2.24) is 49.8 Å². The molecule has 0 atom stereocenters. The van der Waals surface area contributed by atoms with Crippen LogP contribution in [0.3, 0.4) is 0 Å². The molecule has 0 amide bonds. The number of aromatic nitrogens is 10. The van der Waals surface area contributed by atoms with E-state index in [1.54, 1.807) is 73.4 Å². The lowest BCUT2D eigenvalue weighted by Crippen LogP contribution is -2.39. The summed E-state index contributed by atoms with van der Waals surface area (Å²) in [5.41, 5.74) is 8.88. The maximum Gasteiger partial charge on any atom is 0.195 e. The summed E-state index contributed by atoms with van der Waals surface area (Å²) in [5.74, 6) is 0.427. The number of fused-ring (bicyclic) bond motifs is 3. The second kappa shape index (κ2) is 28.4. The van der Waals surface area contributed by atoms with Crippen LogP contribution in [0.5, 0.6) is 0 Å². The molecule has 0 aliphatic heterocycles. The van der Waals surface area contributed by atoms with Gasteiger partial charge in [-0.1, -0.05) is 24.3 Å². The topological polar surface area (TPSA) is 384 Å². The first kappa shape index (κ1) is 66.3. The zero-order valence-electron chi connectivity index (χ0n) is 51.6. The lowest BCUT2D eigenvalue weighted by molar-refractivity contribution is 0.278. The Bertz CT molecular complexity index is 5050. The van der Waals surface area contributed by atoms with E-state index in [9.17, 15) is 40.6 Å². The Kier molecular flexibility index (Phi) is 19.4. The van der Waals surface area contributed by atoms with Crippen LogP contribution in [0.4, 0.5) is 17.1 Å². The van der Waals surface area contributed by atoms with E-state index < -0.39 is 29.5 Å². The molecule has 2 aromatic carbocycles. The van der Waals surface area contributed by atoms with Gasteiger partial charge in [0, 0.05) is 95.4 Å². The van der Waals surface area contributed by atoms with Gasteiger partial charge in [-0.25, -0.2) is 60.1 Å². The van der Waals surface area contributed by atoms with Crippen LogP contribution < -0.4 is 16.0 Å². The molecule has 3 saturated carbocycles. The highest BCUT2D eigenvalue weighted by Gasteiger charge is 2.38. The summed E-state index contributed by atoms with van der Waals surface area (Å²) in [6.45, 7) is -0.221. The van der Waals surface area contributed by atoms with E-state index in [0.717, 1.165) is 117 Å². The molecule has 9 N–H and O–H groups in total. The molecule has 3 aliphatic carbocycles. The molecule has 10 heterocycles. The first-order valence-electron chi connectivity index (χ1n) is 30.9. The maximum atomic E-state index is 12.8. The van der Waals surface area contributed by atoms with Crippen molar-refractivity contribution in [3.8, 4) is 43.9 Å². The molecule has 0 radical (unpaired) electrons. The van der Waals surface area contributed by atoms with Crippen molar-refractivity contribution < 1.29 is 40.6 Å². The van der Waals surface area contributed by atoms with Crippen molar-refractivity contribution in [2.45, 2.75) is 91.3 Å². The predicted octanol–water partition coefficient (Wildman–Crippen LogP) is 10.7. The third kappa shape index (κ3) is 14.7. The van der Waals surface area contributed by atoms with Crippen molar-refractivity contribution in [3.05, 3.63) is 173 Å². The number of aliphatic hydroxyl groups excluding tert-OH is 3. The van der Waals surface area contributed by atoms with Gasteiger partial charge in [0.2, 0.25) is 0 Å². The van der Waals surface area contributed by atoms with Crippen molar-refractivity contribution in [3.63, 3.8) is 0 Å². The van der Waals surface area contributed by atoms with Crippen LogP contribution in [-0.4, -0.2) is 126 Å². The number of thiazole rings is 3. The average molecular weight is 1410 g/mol. The molecular weight excluding hydrogens is 1350 g/mol. The second-order valence-electron chi connectivity index (χ2n) is 24.1. The third-order valence-corrected chi connectivity index (χ3v) is 25.8. The van der Waals surface area contributed by atoms with Gasteiger partial charge in [0.15, 0.2) is 34.5 Å². The number of nitriles is 2. The van der Waals surface area contributed by atoms with Crippen LogP contribution in [0.25, 0.3) is 64.8 Å². The number of anilines is 3. The molecule has 12 aromatic rings. The zero-order chi connectivity index (χ0) is 67.4. The monoisotopic (exact) mass is 1410 g/mol. The number of nitrogens with one attached hydrogen (secondary N) is 6. The molecule has 0 unspecified atom stereocenters. The van der Waals surface area contributed by atoms with Gasteiger partial charge in [0.1, 0.15) is 32.0 Å². The minimum atomic E-state index is -3.56. The lowest BCUT2D eigenvalue weighted by atomic mass is 9.81. The van der Waals surface area contributed by atoms with Crippen LogP contribution in [0.15, 0.2) is 161 Å². The smallest absolute Gasteiger partial charge is 0.195 e. The predicted molar refractivity (Wildman–Crippen MR) is 372 cm³/mol. The molecule has 15 rings (SSSR count). The number of hydrogen-bond acceptors (Lipinski definition) is 24. The number of aromatic amines is 3. The summed E-state index contributed by atoms with van der Waals surface area (Å²) in [5, 5.41) is 63.9. The fourth-order valence-electron chi connectivity index (χ4n) is 12.3. The molecule has 0 bridgehead atoms. The Morgan fingerprint density at radius 1 is 0.485 bits per heavy atom. The van der Waals surface area contributed by atoms with E-state index in [2.05, 4.69) is 65.8 Å². The fraction of sp³-hybridized carbons (Fsp3) is 0.269. The van der Waals surface area contributed by atoms with Gasteiger partial charge in [-0.2, -0.15) is 10.5 Å². The summed E-state index contributed by atoms with van der Waals surface area (Å²) < 4.78 is 76.4. The van der Waals surface area contributed by atoms with Gasteiger partial charge in [0.25, 0.3) is 0 Å². The molecule has 97 heavy (non-hydrogen) atoms. The van der Waals surface area contributed by atoms with Crippen LogP contribution >= 0.6 is 34.0 Å². The van der Waals surface area contributed by atoms with Crippen LogP contribution in [-0.2, 0) is 49.3 Å². The van der Waals surface area contributed by atoms with Crippen molar-refractivity contribution in [1.29, 1.82) is 10.5 Å². The Morgan fingerprint density at radius 2 is 0.928 bits per heavy atom. The van der Waals surface area contributed by atoms with Gasteiger partial charge in [-0.05, 0) is 117 Å². The Balaban J connectivity index is 0.000000131.